The zero-order valence-corrected chi connectivity index (χ0v) is 32.0. The maximum atomic E-state index is 7.29. The molecule has 2 fully saturated rings. The minimum absolute atomic E-state index is 0. The Morgan fingerprint density at radius 2 is 0.673 bits per heavy atom. The van der Waals surface area contributed by atoms with Gasteiger partial charge in [-0.25, -0.2) is 0 Å². The van der Waals surface area contributed by atoms with Crippen molar-refractivity contribution in [3.05, 3.63) is 192 Å². The molecule has 0 bridgehead atoms. The molecule has 0 radical (unpaired) electrons. The second-order valence-corrected chi connectivity index (χ2v) is 15.5. The smallest absolute Gasteiger partial charge is 0.412 e. The normalized spacial score (nSPS) is 24.0. The van der Waals surface area contributed by atoms with Crippen LogP contribution in [0.4, 0.5) is 0 Å². The second-order valence-electron chi connectivity index (χ2n) is 12.9. The number of benzene rings is 6. The summed E-state index contributed by atoms with van der Waals surface area (Å²) in [4.78, 5) is 0. The van der Waals surface area contributed by atoms with Crippen molar-refractivity contribution in [3.63, 3.8) is 0 Å². The molecule has 0 spiro atoms. The zero-order valence-electron chi connectivity index (χ0n) is 27.5. The van der Waals surface area contributed by atoms with E-state index in [2.05, 4.69) is 146 Å². The maximum absolute atomic E-state index is 7.29. The Hall–Kier alpha value is -3.96. The van der Waals surface area contributed by atoms with Crippen molar-refractivity contribution >= 4 is 25.1 Å². The number of fused-ring (bicyclic) bond motifs is 1. The van der Waals surface area contributed by atoms with Crippen LogP contribution >= 0.6 is 0 Å². The Balaban J connectivity index is 0.00000378. The van der Waals surface area contributed by atoms with Crippen molar-refractivity contribution in [2.75, 3.05) is 0 Å². The fourth-order valence-electron chi connectivity index (χ4n) is 7.38. The Bertz CT molecular complexity index is 1830. The van der Waals surface area contributed by atoms with E-state index in [0.29, 0.717) is 0 Å². The van der Waals surface area contributed by atoms with Crippen molar-refractivity contribution in [1.29, 1.82) is 0 Å². The maximum Gasteiger partial charge on any atom is -0.412 e. The molecule has 49 heavy (non-hydrogen) atoms. The van der Waals surface area contributed by atoms with Gasteiger partial charge in [0.1, 0.15) is 0 Å². The predicted molar refractivity (Wildman–Crippen MR) is 194 cm³/mol. The van der Waals surface area contributed by atoms with Crippen LogP contribution in [0, 0.1) is 0 Å². The summed E-state index contributed by atoms with van der Waals surface area (Å²) in [6.07, 6.45) is -1.07. The van der Waals surface area contributed by atoms with E-state index in [9.17, 15) is 0 Å². The third-order valence-electron chi connectivity index (χ3n) is 9.61. The van der Waals surface area contributed by atoms with Crippen molar-refractivity contribution in [2.24, 2.45) is 0 Å². The van der Waals surface area contributed by atoms with E-state index >= 15 is 0 Å². The summed E-state index contributed by atoms with van der Waals surface area (Å²) in [7, 11) is 0. The van der Waals surface area contributed by atoms with Gasteiger partial charge in [-0.2, -0.15) is 0 Å². The van der Waals surface area contributed by atoms with Crippen LogP contribution in [0.1, 0.15) is 36.1 Å². The van der Waals surface area contributed by atoms with Gasteiger partial charge >= 0.3 is 297 Å². The third-order valence-corrected chi connectivity index (χ3v) is 13.3. The fraction of sp³-hybridized carbons (Fsp3) is 0.163. The standard InChI is InChI=1S/C43H36O4.H2O.Tl/c1-41(2)46-39(42(44,35-19-11-5-12-20-35)37-27-23-33(24-28-37)31-15-7-3-8-16-31)40(47-41)43(45,36-21-13-6-14-22-36)38-29-25-34(26-30-38)32-17-9-4-10-18-32;;/h3-30,39-40H,1-2H3;1H2;/q-2;;+2/t39-,40-,42?,43?;;/m1../s1. The summed E-state index contributed by atoms with van der Waals surface area (Å²) in [5.41, 5.74) is 6.82. The van der Waals surface area contributed by atoms with Gasteiger partial charge in [0.05, 0.1) is 0 Å². The van der Waals surface area contributed by atoms with Crippen LogP contribution in [-0.4, -0.2) is 48.6 Å². The first-order chi connectivity index (χ1) is 23.5. The molecule has 4 atom stereocenters. The molecule has 2 aliphatic heterocycles. The summed E-state index contributed by atoms with van der Waals surface area (Å²) in [5, 5.41) is 0. The van der Waals surface area contributed by atoms with E-state index in [-0.39, 0.29) is 5.48 Å². The molecule has 6 aromatic carbocycles. The monoisotopic (exact) mass is 839 g/mol. The number of rotatable bonds is 6. The second kappa shape index (κ2) is 13.7. The number of hydrogen-bond acceptors (Lipinski definition) is 4. The average molecular weight is 839 g/mol. The summed E-state index contributed by atoms with van der Waals surface area (Å²) in [6.45, 7) is 3.99. The van der Waals surface area contributed by atoms with E-state index in [1.807, 2.05) is 38.1 Å². The predicted octanol–water partition coefficient (Wildman–Crippen LogP) is 8.48. The Morgan fingerprint density at radius 1 is 0.388 bits per heavy atom. The molecule has 6 heteroatoms. The van der Waals surface area contributed by atoms with Crippen molar-refractivity contribution in [1.82, 2.24) is 0 Å². The van der Waals surface area contributed by atoms with Crippen LogP contribution in [0.15, 0.2) is 170 Å². The van der Waals surface area contributed by atoms with Crippen molar-refractivity contribution in [2.45, 2.75) is 43.0 Å². The Kier molecular flexibility index (Phi) is 9.41. The molecule has 2 heterocycles. The van der Waals surface area contributed by atoms with E-state index in [1.54, 1.807) is 0 Å². The van der Waals surface area contributed by atoms with Gasteiger partial charge in [0, 0.05) is 0 Å². The van der Waals surface area contributed by atoms with E-state index in [4.69, 9.17) is 14.8 Å². The van der Waals surface area contributed by atoms with E-state index in [1.165, 1.54) is 11.1 Å². The van der Waals surface area contributed by atoms with Gasteiger partial charge in [-0.3, -0.25) is 0 Å². The molecular formula is C43H38O5Tl. The topological polar surface area (TPSA) is 68.4 Å². The van der Waals surface area contributed by atoms with Crippen LogP contribution in [0.3, 0.4) is 0 Å². The zero-order chi connectivity index (χ0) is 32.6. The van der Waals surface area contributed by atoms with Crippen LogP contribution < -0.4 is 0 Å². The van der Waals surface area contributed by atoms with Gasteiger partial charge in [0.2, 0.25) is 0 Å². The van der Waals surface area contributed by atoms with Gasteiger partial charge in [0.25, 0.3) is 0 Å². The molecular weight excluding hydrogens is 801 g/mol. The summed E-state index contributed by atoms with van der Waals surface area (Å²) < 4.78 is 28.7. The Morgan fingerprint density at radius 3 is 1.02 bits per heavy atom. The molecule has 0 aliphatic carbocycles. The van der Waals surface area contributed by atoms with Gasteiger partial charge < -0.3 is 5.48 Å². The largest absolute Gasteiger partial charge is 0.412 e. The molecule has 5 nitrogen and oxygen atoms in total. The molecule has 2 unspecified atom stereocenters. The van der Waals surface area contributed by atoms with Gasteiger partial charge in [-0.15, -0.1) is 0 Å². The first kappa shape index (κ1) is 33.5. The van der Waals surface area contributed by atoms with Crippen LogP contribution in [-0.2, 0) is 26.1 Å². The summed E-state index contributed by atoms with van der Waals surface area (Å²) in [6, 6.07) is 59.4. The van der Waals surface area contributed by atoms with Crippen molar-refractivity contribution < 1.29 is 20.3 Å². The van der Waals surface area contributed by atoms with Gasteiger partial charge in [0.15, 0.2) is 0 Å². The number of ether oxygens (including phenoxy) is 2. The summed E-state index contributed by atoms with van der Waals surface area (Å²) >= 11 is -2.50. The molecule has 6 aromatic rings. The minimum Gasteiger partial charge on any atom is -0.412 e. The van der Waals surface area contributed by atoms with Gasteiger partial charge in [-0.05, 0) is 0 Å². The SMILES string of the molecule is CC1(C)O[C@@H]2[C@@H](O1)C(c1ccccc1)(c1ccc(-c3ccccc3)cc1)[O][Tl][O]C2(c1ccccc1)c1ccc(-c2ccccc2)cc1.O. The van der Waals surface area contributed by atoms with Crippen LogP contribution in [0.5, 0.6) is 0 Å². The Labute approximate surface area is 301 Å². The average Bonchev–Trinajstić information content (AvgIpc) is 3.42. The quantitative estimate of drug-likeness (QED) is 0.158. The van der Waals surface area contributed by atoms with Crippen molar-refractivity contribution in [3.8, 4) is 22.3 Å². The molecule has 243 valence electrons. The van der Waals surface area contributed by atoms with E-state index in [0.717, 1.165) is 33.4 Å². The van der Waals surface area contributed by atoms with E-state index < -0.39 is 54.3 Å². The molecule has 2 saturated heterocycles. The first-order valence-corrected chi connectivity index (χ1v) is 20.1. The first-order valence-electron chi connectivity index (χ1n) is 16.5. The molecule has 0 amide bonds. The van der Waals surface area contributed by atoms with Gasteiger partial charge in [-0.1, -0.05) is 0 Å². The van der Waals surface area contributed by atoms with Crippen LogP contribution in [0.25, 0.3) is 22.3 Å². The number of hydrogen-bond donors (Lipinski definition) is 0. The molecule has 2 aliphatic rings. The molecule has 8 rings (SSSR count). The molecule has 2 N–H and O–H groups in total. The molecule has 0 aromatic heterocycles. The summed E-state index contributed by atoms with van der Waals surface area (Å²) in [5.74, 6) is -0.900. The molecule has 0 saturated carbocycles. The minimum atomic E-state index is -2.50. The van der Waals surface area contributed by atoms with Crippen LogP contribution in [0.2, 0.25) is 0 Å². The fourth-order valence-corrected chi connectivity index (χ4v) is 11.9. The third kappa shape index (κ3) is 5.99.